The smallest absolute Gasteiger partial charge is 0.321 e. The van der Waals surface area contributed by atoms with Gasteiger partial charge in [-0.2, -0.15) is 11.8 Å². The maximum Gasteiger partial charge on any atom is 0.321 e. The Hall–Kier alpha value is -4.81. The Morgan fingerprint density at radius 2 is 1.58 bits per heavy atom. The molecule has 4 aliphatic heterocycles. The van der Waals surface area contributed by atoms with Crippen molar-refractivity contribution in [1.82, 2.24) is 35.6 Å². The molecule has 3 amide bonds. The Bertz CT molecular complexity index is 1840. The molecule has 0 spiro atoms. The Balaban J connectivity index is 0.000000362. The van der Waals surface area contributed by atoms with E-state index in [-0.39, 0.29) is 99.3 Å². The lowest BCUT2D eigenvalue weighted by atomic mass is 9.99. The van der Waals surface area contributed by atoms with Gasteiger partial charge in [-0.05, 0) is 24.5 Å². The van der Waals surface area contributed by atoms with Gasteiger partial charge in [-0.3, -0.25) is 53.7 Å². The van der Waals surface area contributed by atoms with E-state index in [9.17, 15) is 69.5 Å². The number of thioether (sulfide) groups is 1. The van der Waals surface area contributed by atoms with Crippen molar-refractivity contribution in [3.8, 4) is 5.75 Å². The normalized spacial score (nSPS) is 26.7. The Kier molecular flexibility index (Phi) is 23.7. The number of carbonyl (C=O) groups excluding carboxylic acids is 3. The fraction of sp³-hybridized carbons (Fsp3) is 0.714. The van der Waals surface area contributed by atoms with Gasteiger partial charge in [-0.15, -0.1) is 0 Å². The summed E-state index contributed by atoms with van der Waals surface area (Å²) in [5.41, 5.74) is 0.173. The van der Waals surface area contributed by atoms with Crippen molar-refractivity contribution in [3.63, 3.8) is 0 Å². The molecule has 27 heteroatoms. The van der Waals surface area contributed by atoms with E-state index in [4.69, 9.17) is 19.3 Å². The fourth-order valence-electron chi connectivity index (χ4n) is 8.42. The van der Waals surface area contributed by atoms with Gasteiger partial charge in [0.1, 0.15) is 36.2 Å². The Morgan fingerprint density at radius 1 is 0.942 bits per heavy atom. The van der Waals surface area contributed by atoms with Crippen LogP contribution in [0.4, 0.5) is 10.5 Å². The van der Waals surface area contributed by atoms with E-state index in [1.807, 2.05) is 4.90 Å². The van der Waals surface area contributed by atoms with Crippen LogP contribution in [0.1, 0.15) is 37.7 Å². The van der Waals surface area contributed by atoms with Crippen LogP contribution in [0, 0.1) is 10.1 Å². The zero-order valence-corrected chi connectivity index (χ0v) is 39.2. The van der Waals surface area contributed by atoms with Crippen LogP contribution in [0.2, 0.25) is 0 Å². The van der Waals surface area contributed by atoms with E-state index in [0.717, 1.165) is 18.6 Å². The SMILES string of the molecule is COCc1ccc(OC2OC(CO)C(O)C(O)C2O)c([N+](=O)[O-])c1.O=CNCCN1CCN(CC(=O)O)CCN([C@H](CC(=O)CCCCC2SCC3NC(=O)NC32)C(=O)O)CCN(CC(=O)O)CC1. The van der Waals surface area contributed by atoms with Crippen molar-refractivity contribution in [2.75, 3.05) is 98.0 Å². The number of hydrogen-bond acceptors (Lipinski definition) is 20. The van der Waals surface area contributed by atoms with E-state index in [1.54, 1.807) is 26.5 Å². The number of rotatable bonds is 23. The van der Waals surface area contributed by atoms with E-state index in [1.165, 1.54) is 25.3 Å². The number of nitro groups is 1. The number of ether oxygens (including phenoxy) is 3. The van der Waals surface area contributed by atoms with Crippen molar-refractivity contribution in [2.24, 2.45) is 0 Å². The molecule has 8 unspecified atom stereocenters. The lowest BCUT2D eigenvalue weighted by Gasteiger charge is -2.39. The van der Waals surface area contributed by atoms with Gasteiger partial charge in [0.2, 0.25) is 12.7 Å². The summed E-state index contributed by atoms with van der Waals surface area (Å²) in [6.45, 7) is 2.51. The monoisotopic (exact) mass is 1000 g/mol. The highest BCUT2D eigenvalue weighted by atomic mass is 32.2. The van der Waals surface area contributed by atoms with E-state index in [2.05, 4.69) is 16.0 Å². The van der Waals surface area contributed by atoms with E-state index in [0.29, 0.717) is 57.7 Å². The van der Waals surface area contributed by atoms with Crippen molar-refractivity contribution in [2.45, 2.75) is 92.8 Å². The second kappa shape index (κ2) is 28.8. The summed E-state index contributed by atoms with van der Waals surface area (Å²) in [7, 11) is 1.45. The molecule has 4 fully saturated rings. The molecule has 4 aliphatic rings. The number of aliphatic carboxylic acids is 3. The number of amides is 3. The summed E-state index contributed by atoms with van der Waals surface area (Å²) < 4.78 is 15.4. The van der Waals surface area contributed by atoms with Crippen molar-refractivity contribution in [1.29, 1.82) is 0 Å². The topological polar surface area (TPSA) is 364 Å². The van der Waals surface area contributed by atoms with Crippen LogP contribution >= 0.6 is 11.8 Å². The molecule has 9 atom stereocenters. The number of nitro benzene ring substituents is 1. The number of benzene rings is 1. The summed E-state index contributed by atoms with van der Waals surface area (Å²) in [5.74, 6) is -2.70. The number of urea groups is 1. The fourth-order valence-corrected chi connectivity index (χ4v) is 9.96. The minimum Gasteiger partial charge on any atom is -0.480 e. The van der Waals surface area contributed by atoms with Gasteiger partial charge in [0, 0.05) is 102 Å². The number of nitrogens with one attached hydrogen (secondary N) is 3. The van der Waals surface area contributed by atoms with Crippen molar-refractivity contribution >= 4 is 53.6 Å². The highest BCUT2D eigenvalue weighted by Crippen LogP contribution is 2.34. The number of fused-ring (bicyclic) bond motifs is 1. The molecule has 0 saturated carbocycles. The van der Waals surface area contributed by atoms with Crippen LogP contribution in [-0.2, 0) is 40.1 Å². The molecule has 5 rings (SSSR count). The number of hydrogen-bond donors (Lipinski definition) is 10. The first-order chi connectivity index (χ1) is 32.9. The zero-order valence-electron chi connectivity index (χ0n) is 38.4. The summed E-state index contributed by atoms with van der Waals surface area (Å²) in [5, 5.41) is 87.5. The summed E-state index contributed by atoms with van der Waals surface area (Å²) in [6.07, 6.45) is -4.61. The van der Waals surface area contributed by atoms with Gasteiger partial charge < -0.3 is 65.9 Å². The van der Waals surface area contributed by atoms with Crippen LogP contribution in [0.3, 0.4) is 0 Å². The molecule has 4 heterocycles. The third-order valence-corrected chi connectivity index (χ3v) is 13.7. The number of unbranched alkanes of at least 4 members (excludes halogenated alkanes) is 1. The average molecular weight is 1000 g/mol. The van der Waals surface area contributed by atoms with E-state index >= 15 is 0 Å². The molecular formula is C42H66N8O18S. The maximum atomic E-state index is 13.0. The standard InChI is InChI=1S/C28H47N7O9S.C14H19NO9/c36-19-29-5-6-32-7-9-33(16-24(38)39)11-13-35(14-12-34(10-8-32)17-25(40)41)22(27(42)43)15-20(37)3-1-2-4-23-26-21(18-45-23)30-28(44)31-26;1-22-6-7-2-3-9(8(4-7)15(20)21)23-14-13(19)12(18)11(17)10(5-16)24-14/h19,21-23,26H,1-18H2,(H,29,36)(H,38,39)(H,40,41)(H,42,43)(H2,30,31,44);2-4,10-14,16-19H,5-6H2,1H3/t21?,22-,23?,26?;/m1./s1. The molecule has 388 valence electrons. The number of methoxy groups -OCH3 is 1. The Labute approximate surface area is 402 Å². The number of aliphatic hydroxyl groups excluding tert-OH is 4. The molecule has 0 bridgehead atoms. The van der Waals surface area contributed by atoms with E-state index < -0.39 is 66.2 Å². The van der Waals surface area contributed by atoms with Gasteiger partial charge in [0.05, 0.1) is 43.3 Å². The van der Waals surface area contributed by atoms with Crippen LogP contribution < -0.4 is 20.7 Å². The van der Waals surface area contributed by atoms with Gasteiger partial charge in [-0.1, -0.05) is 12.5 Å². The number of Topliss-reactive ketones (excluding diaryl/α,β-unsaturated/α-hetero) is 1. The number of ketones is 1. The van der Waals surface area contributed by atoms with Gasteiger partial charge >= 0.3 is 29.6 Å². The number of carboxylic acids is 3. The number of aliphatic hydroxyl groups is 4. The third kappa shape index (κ3) is 18.1. The molecule has 1 aromatic rings. The predicted molar refractivity (Wildman–Crippen MR) is 243 cm³/mol. The van der Waals surface area contributed by atoms with Crippen LogP contribution in [0.15, 0.2) is 18.2 Å². The van der Waals surface area contributed by atoms with Crippen molar-refractivity contribution < 1.29 is 83.6 Å². The number of nitrogens with zero attached hydrogens (tertiary/aromatic N) is 5. The summed E-state index contributed by atoms with van der Waals surface area (Å²) >= 11 is 1.80. The molecule has 26 nitrogen and oxygen atoms in total. The second-order valence-corrected chi connectivity index (χ2v) is 18.3. The summed E-state index contributed by atoms with van der Waals surface area (Å²) in [4.78, 5) is 88.6. The van der Waals surface area contributed by atoms with Crippen LogP contribution in [0.5, 0.6) is 5.75 Å². The second-order valence-electron chi connectivity index (χ2n) is 17.1. The number of carbonyl (C=O) groups is 6. The average Bonchev–Trinajstić information content (AvgIpc) is 3.86. The maximum absolute atomic E-state index is 13.0. The molecular weight excluding hydrogens is 937 g/mol. The lowest BCUT2D eigenvalue weighted by Crippen LogP contribution is -2.60. The first-order valence-electron chi connectivity index (χ1n) is 22.6. The predicted octanol–water partition coefficient (Wildman–Crippen LogP) is -2.82. The molecule has 69 heavy (non-hydrogen) atoms. The third-order valence-electron chi connectivity index (χ3n) is 12.1. The number of carboxylic acid groups (broad SMARTS) is 3. The molecule has 4 saturated heterocycles. The first kappa shape index (κ1) is 56.8. The molecule has 1 aromatic carbocycles. The lowest BCUT2D eigenvalue weighted by molar-refractivity contribution is -0.387. The first-order valence-corrected chi connectivity index (χ1v) is 23.7. The molecule has 0 radical (unpaired) electrons. The van der Waals surface area contributed by atoms with Crippen LogP contribution in [0.25, 0.3) is 0 Å². The van der Waals surface area contributed by atoms with Gasteiger partial charge in [-0.25, -0.2) is 4.79 Å². The van der Waals surface area contributed by atoms with Crippen molar-refractivity contribution in [3.05, 3.63) is 33.9 Å². The largest absolute Gasteiger partial charge is 0.480 e. The minimum atomic E-state index is -1.65. The Morgan fingerprint density at radius 3 is 2.16 bits per heavy atom. The summed E-state index contributed by atoms with van der Waals surface area (Å²) in [6, 6.07) is 3.05. The highest BCUT2D eigenvalue weighted by Gasteiger charge is 2.45. The molecule has 0 aromatic heterocycles. The minimum absolute atomic E-state index is 0.0902. The van der Waals surface area contributed by atoms with Crippen LogP contribution in [-0.4, -0.2) is 248 Å². The molecule has 0 aliphatic carbocycles. The quantitative estimate of drug-likeness (QED) is 0.0174. The highest BCUT2D eigenvalue weighted by molar-refractivity contribution is 8.00. The zero-order chi connectivity index (χ0) is 50.6. The van der Waals surface area contributed by atoms with Gasteiger partial charge in [0.15, 0.2) is 5.75 Å². The molecule has 10 N–H and O–H groups in total. The van der Waals surface area contributed by atoms with Gasteiger partial charge in [0.25, 0.3) is 0 Å².